The molecule has 0 saturated carbocycles. The lowest BCUT2D eigenvalue weighted by Gasteiger charge is -2.52. The van der Waals surface area contributed by atoms with Crippen molar-refractivity contribution in [3.05, 3.63) is 359 Å². The molecular weight excluding hydrogens is 1850 g/mol. The van der Waals surface area contributed by atoms with E-state index < -0.39 is 196 Å². The zero-order valence-electron chi connectivity index (χ0n) is 81.6. The van der Waals surface area contributed by atoms with Crippen LogP contribution in [0.2, 0.25) is 0 Å². The predicted octanol–water partition coefficient (Wildman–Crippen LogP) is 14.8. The van der Waals surface area contributed by atoms with Gasteiger partial charge in [-0.15, -0.1) is 0 Å². The van der Waals surface area contributed by atoms with E-state index in [1.807, 2.05) is 303 Å². The summed E-state index contributed by atoms with van der Waals surface area (Å²) in [5.74, 6) is -4.90. The highest BCUT2D eigenvalue weighted by Gasteiger charge is 2.61. The fourth-order valence-electron chi connectivity index (χ4n) is 18.1. The Bertz CT molecular complexity index is 5490. The van der Waals surface area contributed by atoms with Crippen molar-refractivity contribution in [1.82, 2.24) is 0 Å². The van der Waals surface area contributed by atoms with Crippen molar-refractivity contribution < 1.29 is 147 Å². The van der Waals surface area contributed by atoms with Gasteiger partial charge in [-0.2, -0.15) is 0 Å². The summed E-state index contributed by atoms with van der Waals surface area (Å²) in [6.07, 6.45) is -36.9. The molecule has 0 amide bonds. The lowest BCUT2D eigenvalue weighted by Crippen LogP contribution is -2.69. The van der Waals surface area contributed by atoms with E-state index in [-0.39, 0.29) is 92.5 Å². The van der Waals surface area contributed by atoms with E-state index in [4.69, 9.17) is 118 Å². The summed E-state index contributed by atoms with van der Waals surface area (Å²) in [6.45, 7) is 7.29. The van der Waals surface area contributed by atoms with E-state index in [2.05, 4.69) is 0 Å². The molecular formula is C113H126O31. The summed E-state index contributed by atoms with van der Waals surface area (Å²) in [7, 11) is 0. The maximum Gasteiger partial charge on any atom is 0.303 e. The number of carbonyl (C=O) groups excluding carboxylic acids is 6. The van der Waals surface area contributed by atoms with E-state index in [0.29, 0.717) is 11.1 Å². The molecule has 5 fully saturated rings. The Hall–Kier alpha value is -11.7. The molecule has 764 valence electrons. The fourth-order valence-corrected chi connectivity index (χ4v) is 18.1. The van der Waals surface area contributed by atoms with E-state index in [1.165, 1.54) is 41.5 Å². The molecule has 5 heterocycles. The van der Waals surface area contributed by atoms with E-state index in [0.717, 1.165) is 44.5 Å². The predicted molar refractivity (Wildman–Crippen MR) is 517 cm³/mol. The van der Waals surface area contributed by atoms with Crippen molar-refractivity contribution in [2.75, 3.05) is 33.0 Å². The van der Waals surface area contributed by atoms with Crippen LogP contribution in [-0.2, 0) is 213 Å². The fraction of sp³-hybridized carbons (Fsp3) is 0.416. The second-order valence-electron chi connectivity index (χ2n) is 35.7. The molecule has 5 aliphatic rings. The van der Waals surface area contributed by atoms with Crippen molar-refractivity contribution >= 4 is 35.8 Å². The molecule has 0 bridgehead atoms. The molecule has 13 unspecified atom stereocenters. The first-order valence-electron chi connectivity index (χ1n) is 48.5. The van der Waals surface area contributed by atoms with Gasteiger partial charge < -0.3 is 118 Å². The summed E-state index contributed by atoms with van der Waals surface area (Å²) < 4.78 is 174. The molecule has 0 spiro atoms. The quantitative estimate of drug-likeness (QED) is 0.0252. The van der Waals surface area contributed by atoms with Gasteiger partial charge in [0.25, 0.3) is 0 Å². The van der Waals surface area contributed by atoms with Gasteiger partial charge in [-0.3, -0.25) is 28.8 Å². The van der Waals surface area contributed by atoms with Crippen molar-refractivity contribution in [2.45, 2.75) is 268 Å². The third-order valence-electron chi connectivity index (χ3n) is 24.6. The standard InChI is InChI=1S/C113H126O31/c1-73-95(124-62-84-46-26-12-27-47-84)101(142-113-109(105(135-77(5)117)99(128-66-88-54-34-16-35-55-88)93(141-113)71-123-61-83-44-24-11-25-45-83)144-112-108(137-79(7)119)104(134-76(4)116)98(127-65-87-52-32-15-33-53-87)92(140-112)70-122-60-82-42-22-10-23-43-82)100(129-67-89-56-36-17-37-57-89)94(131-73)72-130-110-106(102(132-74(2)114)96(125-63-85-48-28-13-29-49-85)90(138-110)68-120-58-80-38-18-8-19-39-80)143-111-107(136-78(6)118)103(133-75(3)115)97(126-64-86-50-30-14-31-51-86)91(139-111)69-121-59-81-40-20-9-21-41-81/h8-57,73,90-113H,58-72H2,1-7H3/t73?,90?,91?,92?,93?,94?,95?,96-,97-,98-,99-,100-,101+,102-,103-,104?,105?,106?,107?,108?,109?,110+,111-,112+,113+/m0/s1. The second kappa shape index (κ2) is 55.0. The van der Waals surface area contributed by atoms with Gasteiger partial charge in [0.2, 0.25) is 0 Å². The van der Waals surface area contributed by atoms with Crippen molar-refractivity contribution in [3.63, 3.8) is 0 Å². The van der Waals surface area contributed by atoms with Crippen LogP contribution in [0, 0.1) is 0 Å². The van der Waals surface area contributed by atoms with Gasteiger partial charge in [-0.25, -0.2) is 0 Å². The minimum atomic E-state index is -1.84. The molecule has 5 saturated heterocycles. The molecule has 10 aromatic carbocycles. The summed E-state index contributed by atoms with van der Waals surface area (Å²) >= 11 is 0. The largest absolute Gasteiger partial charge is 0.457 e. The summed E-state index contributed by atoms with van der Waals surface area (Å²) in [5, 5.41) is 0. The van der Waals surface area contributed by atoms with Gasteiger partial charge in [-0.1, -0.05) is 303 Å². The van der Waals surface area contributed by atoms with Crippen LogP contribution in [-0.4, -0.2) is 222 Å². The molecule has 15 rings (SSSR count). The first kappa shape index (κ1) is 107. The van der Waals surface area contributed by atoms with Crippen LogP contribution in [0.1, 0.15) is 104 Å². The van der Waals surface area contributed by atoms with Crippen LogP contribution in [0.25, 0.3) is 0 Å². The molecule has 31 nitrogen and oxygen atoms in total. The minimum absolute atomic E-state index is 0.0442. The molecule has 25 atom stereocenters. The molecule has 5 aliphatic heterocycles. The zero-order chi connectivity index (χ0) is 100. The average Bonchev–Trinajstić information content (AvgIpc) is 0.684. The average molecular weight is 1980 g/mol. The maximum absolute atomic E-state index is 14.6. The Morgan fingerprint density at radius 2 is 0.368 bits per heavy atom. The zero-order valence-corrected chi connectivity index (χ0v) is 81.6. The Kier molecular flexibility index (Phi) is 40.7. The Labute approximate surface area is 838 Å². The lowest BCUT2D eigenvalue weighted by molar-refractivity contribution is -0.392. The van der Waals surface area contributed by atoms with Gasteiger partial charge in [0, 0.05) is 41.5 Å². The SMILES string of the molecule is CC(=O)OC1C(OC(C)=O)[C@@H](OCc2ccccc2)C(COCc2ccccc2)O[C@@H]1OC1C(OC(C)=O)[C@@H](OCc2ccccc2)C(COCc2ccccc2)O[C@@H]1O[C@@H]1C(OCc2ccccc2)C(C)OC(CO[C@@H]2OC(COCc3ccccc3)[C@H](OCc3ccccc3)[C@H](OC(C)=O)C2O[C@@H]2OC(COCc3ccccc3)[C@H](OCc3ccccc3)[C@H](OC(C)=O)C2OC(C)=O)[C@@H]1OCc1ccccc1. The van der Waals surface area contributed by atoms with Crippen LogP contribution in [0.5, 0.6) is 0 Å². The minimum Gasteiger partial charge on any atom is -0.457 e. The smallest absolute Gasteiger partial charge is 0.303 e. The third-order valence-corrected chi connectivity index (χ3v) is 24.6. The molecule has 0 N–H and O–H groups in total. The summed E-state index contributed by atoms with van der Waals surface area (Å²) in [6, 6.07) is 93.6. The number of rotatable bonds is 49. The molecule has 144 heavy (non-hydrogen) atoms. The summed E-state index contributed by atoms with van der Waals surface area (Å²) in [4.78, 5) is 85.1. The molecule has 10 aromatic rings. The van der Waals surface area contributed by atoms with E-state index >= 15 is 0 Å². The van der Waals surface area contributed by atoms with Crippen LogP contribution in [0.15, 0.2) is 303 Å². The monoisotopic (exact) mass is 1980 g/mol. The van der Waals surface area contributed by atoms with Crippen LogP contribution < -0.4 is 0 Å². The van der Waals surface area contributed by atoms with E-state index in [1.54, 1.807) is 6.92 Å². The van der Waals surface area contributed by atoms with Gasteiger partial charge >= 0.3 is 35.8 Å². The number of ether oxygens (including phenoxy) is 25. The number of hydrogen-bond donors (Lipinski definition) is 0. The third kappa shape index (κ3) is 31.4. The van der Waals surface area contributed by atoms with Gasteiger partial charge in [0.05, 0.1) is 105 Å². The van der Waals surface area contributed by atoms with Crippen LogP contribution in [0.4, 0.5) is 0 Å². The Balaban J connectivity index is 0.869. The maximum atomic E-state index is 14.6. The number of benzene rings is 10. The van der Waals surface area contributed by atoms with Gasteiger partial charge in [0.1, 0.15) is 73.2 Å². The first-order valence-corrected chi connectivity index (χ1v) is 48.5. The van der Waals surface area contributed by atoms with Crippen molar-refractivity contribution in [3.8, 4) is 0 Å². The normalized spacial score (nSPS) is 27.3. The molecule has 0 aliphatic carbocycles. The highest BCUT2D eigenvalue weighted by molar-refractivity contribution is 5.69. The number of carbonyl (C=O) groups is 6. The van der Waals surface area contributed by atoms with Gasteiger partial charge in [-0.05, 0) is 62.6 Å². The Morgan fingerprint density at radius 1 is 0.188 bits per heavy atom. The second-order valence-corrected chi connectivity index (χ2v) is 35.7. The molecule has 31 heteroatoms. The number of esters is 6. The molecule has 0 aromatic heterocycles. The summed E-state index contributed by atoms with van der Waals surface area (Å²) in [5.41, 5.74) is 7.57. The van der Waals surface area contributed by atoms with Gasteiger partial charge in [0.15, 0.2) is 74.0 Å². The highest BCUT2D eigenvalue weighted by Crippen LogP contribution is 2.43. The molecule has 0 radical (unpaired) electrons. The van der Waals surface area contributed by atoms with Crippen molar-refractivity contribution in [1.29, 1.82) is 0 Å². The first-order chi connectivity index (χ1) is 70.2. The van der Waals surface area contributed by atoms with E-state index in [9.17, 15) is 28.8 Å². The van der Waals surface area contributed by atoms with Crippen LogP contribution in [0.3, 0.4) is 0 Å². The highest BCUT2D eigenvalue weighted by atomic mass is 16.8. The Morgan fingerprint density at radius 3 is 0.611 bits per heavy atom. The number of hydrogen-bond acceptors (Lipinski definition) is 31. The van der Waals surface area contributed by atoms with Crippen LogP contribution >= 0.6 is 0 Å². The lowest BCUT2D eigenvalue weighted by atomic mass is 9.93. The topological polar surface area (TPSA) is 333 Å². The van der Waals surface area contributed by atoms with Crippen molar-refractivity contribution in [2.24, 2.45) is 0 Å².